The topological polar surface area (TPSA) is 47.6 Å². The van der Waals surface area contributed by atoms with Gasteiger partial charge in [-0.2, -0.15) is 0 Å². The first-order chi connectivity index (χ1) is 9.63. The van der Waals surface area contributed by atoms with Gasteiger partial charge in [0.25, 0.3) is 5.91 Å². The molecule has 1 rings (SSSR count). The summed E-state index contributed by atoms with van der Waals surface area (Å²) >= 11 is 0. The molecule has 20 heavy (non-hydrogen) atoms. The molecule has 0 aliphatic carbocycles. The van der Waals surface area contributed by atoms with Gasteiger partial charge < -0.3 is 14.8 Å². The van der Waals surface area contributed by atoms with Gasteiger partial charge in [-0.05, 0) is 44.5 Å². The van der Waals surface area contributed by atoms with Crippen LogP contribution in [0.5, 0.6) is 5.75 Å². The van der Waals surface area contributed by atoms with Crippen LogP contribution in [0.25, 0.3) is 0 Å². The molecule has 1 N–H and O–H groups in total. The molecular weight excluding hydrogens is 254 g/mol. The molecule has 0 fully saturated rings. The lowest BCUT2D eigenvalue weighted by Gasteiger charge is -2.08. The van der Waals surface area contributed by atoms with Gasteiger partial charge in [-0.1, -0.05) is 5.92 Å². The normalized spacial score (nSPS) is 10.1. The molecule has 0 heterocycles. The standard InChI is InChI=1S/C16H21NO3/c1-4-11-20-15-8-6-14(7-9-15)16(18)17-10-5-12-19-13(2)3/h1,6-9,13H,5,10-12H2,2-3H3,(H,17,18). The van der Waals surface area contributed by atoms with Crippen LogP contribution in [0.1, 0.15) is 30.6 Å². The van der Waals surface area contributed by atoms with Crippen LogP contribution in [0.3, 0.4) is 0 Å². The molecule has 0 saturated heterocycles. The molecule has 1 aromatic rings. The summed E-state index contributed by atoms with van der Waals surface area (Å²) in [5, 5.41) is 2.84. The second kappa shape index (κ2) is 9.00. The van der Waals surface area contributed by atoms with E-state index < -0.39 is 0 Å². The van der Waals surface area contributed by atoms with Gasteiger partial charge in [0.1, 0.15) is 12.4 Å². The third-order valence-electron chi connectivity index (χ3n) is 2.50. The zero-order chi connectivity index (χ0) is 14.8. The third-order valence-corrected chi connectivity index (χ3v) is 2.50. The molecule has 0 aliphatic heterocycles. The van der Waals surface area contributed by atoms with Gasteiger partial charge in [0.15, 0.2) is 0 Å². The fraction of sp³-hybridized carbons (Fsp3) is 0.438. The van der Waals surface area contributed by atoms with Crippen LogP contribution in [0, 0.1) is 12.3 Å². The summed E-state index contributed by atoms with van der Waals surface area (Å²) in [6, 6.07) is 6.89. The average molecular weight is 275 g/mol. The summed E-state index contributed by atoms with van der Waals surface area (Å²) in [4.78, 5) is 11.8. The molecule has 0 spiro atoms. The Morgan fingerprint density at radius 3 is 2.65 bits per heavy atom. The Kier molecular flexibility index (Phi) is 7.23. The fourth-order valence-corrected chi connectivity index (χ4v) is 1.52. The van der Waals surface area contributed by atoms with Crippen LogP contribution in [0.15, 0.2) is 24.3 Å². The van der Waals surface area contributed by atoms with Crippen LogP contribution < -0.4 is 10.1 Å². The van der Waals surface area contributed by atoms with Crippen molar-refractivity contribution in [1.29, 1.82) is 0 Å². The van der Waals surface area contributed by atoms with Crippen LogP contribution >= 0.6 is 0 Å². The summed E-state index contributed by atoms with van der Waals surface area (Å²) < 4.78 is 10.6. The van der Waals surface area contributed by atoms with Gasteiger partial charge in [0.2, 0.25) is 0 Å². The van der Waals surface area contributed by atoms with E-state index in [2.05, 4.69) is 11.2 Å². The molecule has 108 valence electrons. The Bertz CT molecular complexity index is 446. The van der Waals surface area contributed by atoms with Gasteiger partial charge in [-0.15, -0.1) is 6.42 Å². The number of carbonyl (C=O) groups excluding carboxylic acids is 1. The minimum absolute atomic E-state index is 0.0990. The molecule has 1 aromatic carbocycles. The molecule has 0 saturated carbocycles. The monoisotopic (exact) mass is 275 g/mol. The molecular formula is C16H21NO3. The van der Waals surface area contributed by atoms with E-state index >= 15 is 0 Å². The smallest absolute Gasteiger partial charge is 0.251 e. The van der Waals surface area contributed by atoms with Crippen LogP contribution in [-0.2, 0) is 4.74 Å². The SMILES string of the molecule is C#CCOc1ccc(C(=O)NCCCOC(C)C)cc1. The van der Waals surface area contributed by atoms with Gasteiger partial charge in [-0.3, -0.25) is 4.79 Å². The Hall–Kier alpha value is -1.99. The first-order valence-electron chi connectivity index (χ1n) is 6.69. The predicted molar refractivity (Wildman–Crippen MR) is 78.8 cm³/mol. The Morgan fingerprint density at radius 1 is 1.35 bits per heavy atom. The lowest BCUT2D eigenvalue weighted by Crippen LogP contribution is -2.25. The Morgan fingerprint density at radius 2 is 2.05 bits per heavy atom. The van der Waals surface area contributed by atoms with Gasteiger partial charge in [-0.25, -0.2) is 0 Å². The maximum absolute atomic E-state index is 11.8. The highest BCUT2D eigenvalue weighted by atomic mass is 16.5. The number of rotatable bonds is 8. The van der Waals surface area contributed by atoms with Crippen molar-refractivity contribution in [2.45, 2.75) is 26.4 Å². The Labute approximate surface area is 120 Å². The highest BCUT2D eigenvalue weighted by Gasteiger charge is 2.04. The molecule has 0 unspecified atom stereocenters. The van der Waals surface area contributed by atoms with Crippen molar-refractivity contribution in [3.8, 4) is 18.1 Å². The summed E-state index contributed by atoms with van der Waals surface area (Å²) in [6.07, 6.45) is 6.13. The quantitative estimate of drug-likeness (QED) is 0.584. The molecule has 0 aliphatic rings. The van der Waals surface area contributed by atoms with Gasteiger partial charge in [0, 0.05) is 18.7 Å². The number of benzene rings is 1. The summed E-state index contributed by atoms with van der Waals surface area (Å²) in [5.41, 5.74) is 0.600. The number of ether oxygens (including phenoxy) is 2. The second-order valence-corrected chi connectivity index (χ2v) is 4.55. The molecule has 0 radical (unpaired) electrons. The van der Waals surface area contributed by atoms with Crippen molar-refractivity contribution in [2.24, 2.45) is 0 Å². The van der Waals surface area contributed by atoms with Crippen molar-refractivity contribution < 1.29 is 14.3 Å². The minimum Gasteiger partial charge on any atom is -0.481 e. The minimum atomic E-state index is -0.0990. The van der Waals surface area contributed by atoms with Gasteiger partial charge >= 0.3 is 0 Å². The first-order valence-corrected chi connectivity index (χ1v) is 6.69. The van der Waals surface area contributed by atoms with E-state index in [4.69, 9.17) is 15.9 Å². The number of nitrogens with one attached hydrogen (secondary N) is 1. The van der Waals surface area contributed by atoms with Crippen molar-refractivity contribution in [3.05, 3.63) is 29.8 Å². The lowest BCUT2D eigenvalue weighted by atomic mass is 10.2. The predicted octanol–water partition coefficient (Wildman–Crippen LogP) is 2.24. The summed E-state index contributed by atoms with van der Waals surface area (Å²) in [7, 11) is 0. The largest absolute Gasteiger partial charge is 0.481 e. The Balaban J connectivity index is 2.31. The van der Waals surface area contributed by atoms with Crippen molar-refractivity contribution in [3.63, 3.8) is 0 Å². The number of amides is 1. The molecule has 0 bridgehead atoms. The van der Waals surface area contributed by atoms with Crippen LogP contribution in [0.4, 0.5) is 0 Å². The summed E-state index contributed by atoms with van der Waals surface area (Å²) in [5.74, 6) is 2.95. The molecule has 0 atom stereocenters. The molecule has 4 nitrogen and oxygen atoms in total. The van der Waals surface area contributed by atoms with Crippen LogP contribution in [-0.4, -0.2) is 31.8 Å². The fourth-order valence-electron chi connectivity index (χ4n) is 1.52. The van der Waals surface area contributed by atoms with Crippen LogP contribution in [0.2, 0.25) is 0 Å². The van der Waals surface area contributed by atoms with E-state index in [9.17, 15) is 4.79 Å². The summed E-state index contributed by atoms with van der Waals surface area (Å²) in [6.45, 7) is 5.45. The van der Waals surface area contributed by atoms with E-state index in [1.807, 2.05) is 13.8 Å². The zero-order valence-corrected chi connectivity index (χ0v) is 12.0. The highest BCUT2D eigenvalue weighted by molar-refractivity contribution is 5.94. The third kappa shape index (κ3) is 6.26. The maximum Gasteiger partial charge on any atom is 0.251 e. The average Bonchev–Trinajstić information content (AvgIpc) is 2.44. The van der Waals surface area contributed by atoms with Crippen molar-refractivity contribution in [2.75, 3.05) is 19.8 Å². The van der Waals surface area contributed by atoms with E-state index in [-0.39, 0.29) is 18.6 Å². The highest BCUT2D eigenvalue weighted by Crippen LogP contribution is 2.11. The maximum atomic E-state index is 11.8. The second-order valence-electron chi connectivity index (χ2n) is 4.55. The van der Waals surface area contributed by atoms with E-state index in [1.54, 1.807) is 24.3 Å². The number of carbonyl (C=O) groups is 1. The molecule has 4 heteroatoms. The van der Waals surface area contributed by atoms with Gasteiger partial charge in [0.05, 0.1) is 6.10 Å². The zero-order valence-electron chi connectivity index (χ0n) is 12.0. The molecule has 0 aromatic heterocycles. The number of hydrogen-bond donors (Lipinski definition) is 1. The molecule has 1 amide bonds. The first kappa shape index (κ1) is 16.1. The van der Waals surface area contributed by atoms with Crippen molar-refractivity contribution >= 4 is 5.91 Å². The lowest BCUT2D eigenvalue weighted by molar-refractivity contribution is 0.0757. The van der Waals surface area contributed by atoms with E-state index in [1.165, 1.54) is 0 Å². The van der Waals surface area contributed by atoms with E-state index in [0.717, 1.165) is 6.42 Å². The van der Waals surface area contributed by atoms with Crippen molar-refractivity contribution in [1.82, 2.24) is 5.32 Å². The number of terminal acetylenes is 1. The van der Waals surface area contributed by atoms with E-state index in [0.29, 0.717) is 24.5 Å². The number of hydrogen-bond acceptors (Lipinski definition) is 3.